The minimum absolute atomic E-state index is 0.390. The third-order valence-electron chi connectivity index (χ3n) is 4.88. The lowest BCUT2D eigenvalue weighted by atomic mass is 9.72. The fourth-order valence-electron chi connectivity index (χ4n) is 3.33. The SMILES string of the molecule is CC(C)c1nccc(N2CCC3(CCOCC3)CC2)n1. The van der Waals surface area contributed by atoms with Gasteiger partial charge in [-0.15, -0.1) is 0 Å². The van der Waals surface area contributed by atoms with Gasteiger partial charge in [-0.25, -0.2) is 9.97 Å². The van der Waals surface area contributed by atoms with E-state index in [0.717, 1.165) is 37.9 Å². The molecule has 0 bridgehead atoms. The second kappa shape index (κ2) is 5.68. The van der Waals surface area contributed by atoms with E-state index in [4.69, 9.17) is 9.72 Å². The van der Waals surface area contributed by atoms with Gasteiger partial charge in [0.05, 0.1) is 0 Å². The van der Waals surface area contributed by atoms with Crippen molar-refractivity contribution in [3.05, 3.63) is 18.1 Å². The molecule has 0 radical (unpaired) electrons. The molecule has 0 atom stereocenters. The summed E-state index contributed by atoms with van der Waals surface area (Å²) in [6, 6.07) is 2.05. The van der Waals surface area contributed by atoms with E-state index in [-0.39, 0.29) is 0 Å². The zero-order chi connectivity index (χ0) is 14.0. The predicted octanol–water partition coefficient (Wildman–Crippen LogP) is 3.00. The molecule has 2 fully saturated rings. The summed E-state index contributed by atoms with van der Waals surface area (Å²) in [6.07, 6.45) is 6.93. The number of aromatic nitrogens is 2. The molecule has 2 saturated heterocycles. The second-order valence-electron chi connectivity index (χ2n) is 6.53. The average Bonchev–Trinajstić information content (AvgIpc) is 2.49. The standard InChI is InChI=1S/C16H25N3O/c1-13(2)15-17-8-3-14(18-15)19-9-4-16(5-10-19)6-11-20-12-7-16/h3,8,13H,4-7,9-12H2,1-2H3. The van der Waals surface area contributed by atoms with Crippen LogP contribution < -0.4 is 4.90 Å². The largest absolute Gasteiger partial charge is 0.381 e. The third-order valence-corrected chi connectivity index (χ3v) is 4.88. The molecular formula is C16H25N3O. The summed E-state index contributed by atoms with van der Waals surface area (Å²) >= 11 is 0. The lowest BCUT2D eigenvalue weighted by Crippen LogP contribution is -2.43. The van der Waals surface area contributed by atoms with Gasteiger partial charge in [-0.05, 0) is 37.2 Å². The Hall–Kier alpha value is -1.16. The van der Waals surface area contributed by atoms with E-state index >= 15 is 0 Å². The van der Waals surface area contributed by atoms with Crippen LogP contribution >= 0.6 is 0 Å². The van der Waals surface area contributed by atoms with Crippen LogP contribution in [0.3, 0.4) is 0 Å². The van der Waals surface area contributed by atoms with E-state index in [9.17, 15) is 0 Å². The quantitative estimate of drug-likeness (QED) is 0.831. The van der Waals surface area contributed by atoms with Crippen LogP contribution in [0, 0.1) is 5.41 Å². The van der Waals surface area contributed by atoms with Crippen LogP contribution in [0.15, 0.2) is 12.3 Å². The number of piperidine rings is 1. The summed E-state index contributed by atoms with van der Waals surface area (Å²) in [6.45, 7) is 8.43. The van der Waals surface area contributed by atoms with Crippen molar-refractivity contribution in [2.75, 3.05) is 31.2 Å². The molecule has 0 aliphatic carbocycles. The zero-order valence-electron chi connectivity index (χ0n) is 12.6. The van der Waals surface area contributed by atoms with Crippen LogP contribution in [-0.2, 0) is 4.74 Å². The van der Waals surface area contributed by atoms with E-state index in [1.807, 2.05) is 12.3 Å². The summed E-state index contributed by atoms with van der Waals surface area (Å²) in [7, 11) is 0. The van der Waals surface area contributed by atoms with Crippen LogP contribution in [0.2, 0.25) is 0 Å². The van der Waals surface area contributed by atoms with E-state index < -0.39 is 0 Å². The molecule has 0 N–H and O–H groups in total. The molecule has 0 saturated carbocycles. The predicted molar refractivity (Wildman–Crippen MR) is 80.1 cm³/mol. The summed E-state index contributed by atoms with van der Waals surface area (Å²) in [5.41, 5.74) is 0.544. The van der Waals surface area contributed by atoms with Crippen molar-refractivity contribution in [1.29, 1.82) is 0 Å². The first-order chi connectivity index (χ1) is 9.69. The smallest absolute Gasteiger partial charge is 0.133 e. The molecule has 3 rings (SSSR count). The minimum atomic E-state index is 0.390. The topological polar surface area (TPSA) is 38.2 Å². The fourth-order valence-corrected chi connectivity index (χ4v) is 3.33. The molecule has 4 nitrogen and oxygen atoms in total. The number of rotatable bonds is 2. The van der Waals surface area contributed by atoms with E-state index in [1.54, 1.807) is 0 Å². The Morgan fingerprint density at radius 1 is 1.15 bits per heavy atom. The first kappa shape index (κ1) is 13.8. The van der Waals surface area contributed by atoms with Gasteiger partial charge in [-0.1, -0.05) is 13.8 Å². The molecule has 1 aromatic rings. The Bertz CT molecular complexity index is 445. The molecule has 1 spiro atoms. The van der Waals surface area contributed by atoms with Gasteiger partial charge in [0.25, 0.3) is 0 Å². The molecule has 2 aliphatic heterocycles. The number of anilines is 1. The fraction of sp³-hybridized carbons (Fsp3) is 0.750. The van der Waals surface area contributed by atoms with Crippen molar-refractivity contribution in [2.24, 2.45) is 5.41 Å². The molecular weight excluding hydrogens is 250 g/mol. The van der Waals surface area contributed by atoms with Crippen LogP contribution in [0.25, 0.3) is 0 Å². The maximum Gasteiger partial charge on any atom is 0.133 e. The summed E-state index contributed by atoms with van der Waals surface area (Å²) in [5, 5.41) is 0. The van der Waals surface area contributed by atoms with Crippen molar-refractivity contribution in [2.45, 2.75) is 45.4 Å². The summed E-state index contributed by atoms with van der Waals surface area (Å²) < 4.78 is 5.52. The molecule has 0 unspecified atom stereocenters. The normalized spacial score (nSPS) is 22.4. The van der Waals surface area contributed by atoms with Gasteiger partial charge in [0.15, 0.2) is 0 Å². The molecule has 3 heterocycles. The van der Waals surface area contributed by atoms with Gasteiger partial charge in [-0.3, -0.25) is 0 Å². The van der Waals surface area contributed by atoms with E-state index in [0.29, 0.717) is 11.3 Å². The number of hydrogen-bond acceptors (Lipinski definition) is 4. The molecule has 1 aromatic heterocycles. The maximum atomic E-state index is 5.52. The monoisotopic (exact) mass is 275 g/mol. The van der Waals surface area contributed by atoms with E-state index in [1.165, 1.54) is 25.7 Å². The first-order valence-corrected chi connectivity index (χ1v) is 7.84. The van der Waals surface area contributed by atoms with E-state index in [2.05, 4.69) is 23.7 Å². The van der Waals surface area contributed by atoms with Crippen molar-refractivity contribution < 1.29 is 4.74 Å². The van der Waals surface area contributed by atoms with Crippen LogP contribution in [0.5, 0.6) is 0 Å². The van der Waals surface area contributed by atoms with Gasteiger partial charge in [0.2, 0.25) is 0 Å². The Morgan fingerprint density at radius 3 is 2.50 bits per heavy atom. The first-order valence-electron chi connectivity index (χ1n) is 7.84. The highest BCUT2D eigenvalue weighted by atomic mass is 16.5. The Morgan fingerprint density at radius 2 is 1.85 bits per heavy atom. The second-order valence-corrected chi connectivity index (χ2v) is 6.53. The van der Waals surface area contributed by atoms with Crippen molar-refractivity contribution in [3.63, 3.8) is 0 Å². The maximum absolute atomic E-state index is 5.52. The molecule has 2 aliphatic rings. The number of hydrogen-bond donors (Lipinski definition) is 0. The van der Waals surface area contributed by atoms with Gasteiger partial charge in [0, 0.05) is 38.4 Å². The van der Waals surface area contributed by atoms with Crippen LogP contribution in [0.1, 0.15) is 51.3 Å². The number of ether oxygens (including phenoxy) is 1. The third kappa shape index (κ3) is 2.80. The van der Waals surface area contributed by atoms with Gasteiger partial charge < -0.3 is 9.64 Å². The van der Waals surface area contributed by atoms with Crippen molar-refractivity contribution in [3.8, 4) is 0 Å². The highest BCUT2D eigenvalue weighted by Crippen LogP contribution is 2.41. The lowest BCUT2D eigenvalue weighted by Gasteiger charge is -2.44. The Labute approximate surface area is 121 Å². The van der Waals surface area contributed by atoms with Gasteiger partial charge in [0.1, 0.15) is 11.6 Å². The molecule has 0 aromatic carbocycles. The van der Waals surface area contributed by atoms with Gasteiger partial charge in [-0.2, -0.15) is 0 Å². The Balaban J connectivity index is 1.67. The summed E-state index contributed by atoms with van der Waals surface area (Å²) in [5.74, 6) is 2.45. The lowest BCUT2D eigenvalue weighted by molar-refractivity contribution is 0.00205. The minimum Gasteiger partial charge on any atom is -0.381 e. The molecule has 20 heavy (non-hydrogen) atoms. The van der Waals surface area contributed by atoms with Crippen LogP contribution in [-0.4, -0.2) is 36.3 Å². The van der Waals surface area contributed by atoms with Gasteiger partial charge >= 0.3 is 0 Å². The van der Waals surface area contributed by atoms with Crippen molar-refractivity contribution >= 4 is 5.82 Å². The summed E-state index contributed by atoms with van der Waals surface area (Å²) in [4.78, 5) is 11.5. The Kier molecular flexibility index (Phi) is 3.92. The average molecular weight is 275 g/mol. The molecule has 0 amide bonds. The highest BCUT2D eigenvalue weighted by molar-refractivity contribution is 5.38. The molecule has 4 heteroatoms. The van der Waals surface area contributed by atoms with Crippen LogP contribution in [0.4, 0.5) is 5.82 Å². The molecule has 110 valence electrons. The van der Waals surface area contributed by atoms with Crippen molar-refractivity contribution in [1.82, 2.24) is 9.97 Å². The number of nitrogens with zero attached hydrogens (tertiary/aromatic N) is 3. The zero-order valence-corrected chi connectivity index (χ0v) is 12.6. The highest BCUT2D eigenvalue weighted by Gasteiger charge is 2.36.